The van der Waals surface area contributed by atoms with E-state index in [1.807, 2.05) is 0 Å². The number of benzene rings is 1. The molecule has 3 nitrogen and oxygen atoms in total. The van der Waals surface area contributed by atoms with Crippen LogP contribution in [0.3, 0.4) is 0 Å². The summed E-state index contributed by atoms with van der Waals surface area (Å²) in [7, 11) is 1.75. The van der Waals surface area contributed by atoms with Crippen molar-refractivity contribution in [2.75, 3.05) is 32.1 Å². The lowest BCUT2D eigenvalue weighted by Crippen LogP contribution is -2.18. The fraction of sp³-hybridized carbons (Fsp3) is 0.600. The first-order chi connectivity index (χ1) is 9.06. The Bertz CT molecular complexity index is 468. The third-order valence-electron chi connectivity index (χ3n) is 4.10. The molecule has 0 radical (unpaired) electrons. The molecule has 1 aromatic rings. The second kappa shape index (κ2) is 6.14. The molecular weight excluding hydrogens is 304 g/mol. The highest BCUT2D eigenvalue weighted by molar-refractivity contribution is 9.10. The SMILES string of the molecule is COc1c(C)c(C)c(Br)c(C)c1NCC1CCNC1. The number of ether oxygens (including phenoxy) is 1. The number of anilines is 1. The number of halogens is 1. The third-order valence-corrected chi connectivity index (χ3v) is 5.29. The van der Waals surface area contributed by atoms with Crippen LogP contribution < -0.4 is 15.4 Å². The van der Waals surface area contributed by atoms with E-state index in [9.17, 15) is 0 Å². The average Bonchev–Trinajstić information content (AvgIpc) is 2.92. The van der Waals surface area contributed by atoms with Crippen molar-refractivity contribution in [2.24, 2.45) is 5.92 Å². The lowest BCUT2D eigenvalue weighted by Gasteiger charge is -2.21. The molecule has 0 amide bonds. The molecule has 2 rings (SSSR count). The van der Waals surface area contributed by atoms with Gasteiger partial charge in [0, 0.05) is 11.0 Å². The van der Waals surface area contributed by atoms with Gasteiger partial charge in [-0.2, -0.15) is 0 Å². The second-order valence-corrected chi connectivity index (χ2v) is 6.13. The number of methoxy groups -OCH3 is 1. The van der Waals surface area contributed by atoms with Crippen LogP contribution in [0.1, 0.15) is 23.1 Å². The zero-order chi connectivity index (χ0) is 14.0. The normalized spacial score (nSPS) is 18.7. The molecule has 1 aliphatic rings. The van der Waals surface area contributed by atoms with Crippen molar-refractivity contribution in [1.29, 1.82) is 0 Å². The van der Waals surface area contributed by atoms with Crippen LogP contribution in [0.2, 0.25) is 0 Å². The van der Waals surface area contributed by atoms with Gasteiger partial charge < -0.3 is 15.4 Å². The summed E-state index contributed by atoms with van der Waals surface area (Å²) in [6, 6.07) is 0. The summed E-state index contributed by atoms with van der Waals surface area (Å²) in [5, 5.41) is 6.99. The molecule has 1 heterocycles. The van der Waals surface area contributed by atoms with Gasteiger partial charge in [0.05, 0.1) is 12.8 Å². The van der Waals surface area contributed by atoms with Gasteiger partial charge in [-0.15, -0.1) is 0 Å². The Morgan fingerprint density at radius 3 is 2.58 bits per heavy atom. The van der Waals surface area contributed by atoms with Crippen molar-refractivity contribution in [3.05, 3.63) is 21.2 Å². The Morgan fingerprint density at radius 2 is 2.00 bits per heavy atom. The molecule has 1 unspecified atom stereocenters. The number of rotatable bonds is 4. The maximum atomic E-state index is 5.61. The number of nitrogens with one attached hydrogen (secondary N) is 2. The van der Waals surface area contributed by atoms with Crippen molar-refractivity contribution >= 4 is 21.6 Å². The van der Waals surface area contributed by atoms with Gasteiger partial charge in [-0.1, -0.05) is 15.9 Å². The topological polar surface area (TPSA) is 33.3 Å². The molecule has 0 saturated carbocycles. The molecule has 1 aromatic carbocycles. The van der Waals surface area contributed by atoms with Gasteiger partial charge in [-0.25, -0.2) is 0 Å². The van der Waals surface area contributed by atoms with Crippen molar-refractivity contribution < 1.29 is 4.74 Å². The summed E-state index contributed by atoms with van der Waals surface area (Å²) in [5.74, 6) is 1.69. The average molecular weight is 327 g/mol. The molecule has 106 valence electrons. The summed E-state index contributed by atoms with van der Waals surface area (Å²) >= 11 is 3.69. The van der Waals surface area contributed by atoms with Crippen LogP contribution in [0.5, 0.6) is 5.75 Å². The van der Waals surface area contributed by atoms with Crippen LogP contribution >= 0.6 is 15.9 Å². The molecule has 0 aromatic heterocycles. The molecule has 4 heteroatoms. The van der Waals surface area contributed by atoms with E-state index in [2.05, 4.69) is 47.3 Å². The Labute approximate surface area is 124 Å². The lowest BCUT2D eigenvalue weighted by atomic mass is 10.0. The number of hydrogen-bond acceptors (Lipinski definition) is 3. The highest BCUT2D eigenvalue weighted by Crippen LogP contribution is 2.39. The van der Waals surface area contributed by atoms with Gasteiger partial charge >= 0.3 is 0 Å². The molecule has 0 bridgehead atoms. The molecule has 19 heavy (non-hydrogen) atoms. The first kappa shape index (κ1) is 14.7. The Balaban J connectivity index is 2.27. The summed E-state index contributed by atoms with van der Waals surface area (Å²) in [6.45, 7) is 9.62. The van der Waals surface area contributed by atoms with E-state index in [0.29, 0.717) is 5.92 Å². The van der Waals surface area contributed by atoms with Crippen molar-refractivity contribution in [3.63, 3.8) is 0 Å². The molecular formula is C15H23BrN2O. The first-order valence-electron chi connectivity index (χ1n) is 6.84. The van der Waals surface area contributed by atoms with Gasteiger partial charge in [0.25, 0.3) is 0 Å². The van der Waals surface area contributed by atoms with Crippen LogP contribution in [0.25, 0.3) is 0 Å². The van der Waals surface area contributed by atoms with Crippen molar-refractivity contribution in [2.45, 2.75) is 27.2 Å². The van der Waals surface area contributed by atoms with Crippen LogP contribution in [0.4, 0.5) is 5.69 Å². The molecule has 0 aliphatic carbocycles. The Kier molecular flexibility index (Phi) is 4.74. The quantitative estimate of drug-likeness (QED) is 0.889. The van der Waals surface area contributed by atoms with Crippen LogP contribution in [0.15, 0.2) is 4.47 Å². The standard InChI is InChI=1S/C15H23BrN2O/c1-9-10(2)15(19-4)14(11(3)13(9)16)18-8-12-5-6-17-7-12/h12,17-18H,5-8H2,1-4H3. The lowest BCUT2D eigenvalue weighted by molar-refractivity contribution is 0.412. The Hall–Kier alpha value is -0.740. The zero-order valence-electron chi connectivity index (χ0n) is 12.2. The maximum absolute atomic E-state index is 5.61. The van der Waals surface area contributed by atoms with E-state index in [1.165, 1.54) is 27.6 Å². The fourth-order valence-electron chi connectivity index (χ4n) is 2.69. The minimum absolute atomic E-state index is 0.712. The van der Waals surface area contributed by atoms with Crippen LogP contribution in [-0.4, -0.2) is 26.7 Å². The number of hydrogen-bond donors (Lipinski definition) is 2. The summed E-state index contributed by atoms with van der Waals surface area (Å²) in [4.78, 5) is 0. The van der Waals surface area contributed by atoms with Crippen LogP contribution in [-0.2, 0) is 0 Å². The van der Waals surface area contributed by atoms with E-state index >= 15 is 0 Å². The van der Waals surface area contributed by atoms with Crippen molar-refractivity contribution in [3.8, 4) is 5.75 Å². The molecule has 1 aliphatic heterocycles. The van der Waals surface area contributed by atoms with E-state index in [-0.39, 0.29) is 0 Å². The zero-order valence-corrected chi connectivity index (χ0v) is 13.8. The monoisotopic (exact) mass is 326 g/mol. The fourth-order valence-corrected chi connectivity index (χ4v) is 3.18. The van der Waals surface area contributed by atoms with Crippen LogP contribution in [0, 0.1) is 26.7 Å². The predicted octanol–water partition coefficient (Wildman–Crippen LogP) is 3.40. The van der Waals surface area contributed by atoms with Gasteiger partial charge in [0.15, 0.2) is 0 Å². The summed E-state index contributed by atoms with van der Waals surface area (Å²) in [5.41, 5.74) is 4.81. The van der Waals surface area contributed by atoms with E-state index < -0.39 is 0 Å². The summed E-state index contributed by atoms with van der Waals surface area (Å²) in [6.07, 6.45) is 1.25. The predicted molar refractivity (Wildman–Crippen MR) is 84.4 cm³/mol. The molecule has 2 N–H and O–H groups in total. The molecule has 1 fully saturated rings. The second-order valence-electron chi connectivity index (χ2n) is 5.34. The van der Waals surface area contributed by atoms with Crippen molar-refractivity contribution in [1.82, 2.24) is 5.32 Å². The summed E-state index contributed by atoms with van der Waals surface area (Å²) < 4.78 is 6.79. The third kappa shape index (κ3) is 2.90. The largest absolute Gasteiger partial charge is 0.494 e. The van der Waals surface area contributed by atoms with Gasteiger partial charge in [0.1, 0.15) is 5.75 Å². The minimum Gasteiger partial charge on any atom is -0.494 e. The molecule has 0 spiro atoms. The van der Waals surface area contributed by atoms with E-state index in [0.717, 1.165) is 31.1 Å². The van der Waals surface area contributed by atoms with Gasteiger partial charge in [0.2, 0.25) is 0 Å². The first-order valence-corrected chi connectivity index (χ1v) is 7.63. The van der Waals surface area contributed by atoms with E-state index in [4.69, 9.17) is 4.74 Å². The highest BCUT2D eigenvalue weighted by Gasteiger charge is 2.19. The molecule has 1 saturated heterocycles. The molecule has 1 atom stereocenters. The smallest absolute Gasteiger partial charge is 0.145 e. The van der Waals surface area contributed by atoms with Gasteiger partial charge in [-0.05, 0) is 62.9 Å². The van der Waals surface area contributed by atoms with Gasteiger partial charge in [-0.3, -0.25) is 0 Å². The maximum Gasteiger partial charge on any atom is 0.145 e. The Morgan fingerprint density at radius 1 is 1.26 bits per heavy atom. The highest BCUT2D eigenvalue weighted by atomic mass is 79.9. The minimum atomic E-state index is 0.712. The van der Waals surface area contributed by atoms with E-state index in [1.54, 1.807) is 7.11 Å².